The van der Waals surface area contributed by atoms with Gasteiger partial charge in [-0.05, 0) is 37.5 Å². The van der Waals surface area contributed by atoms with E-state index >= 15 is 0 Å². The highest BCUT2D eigenvalue weighted by molar-refractivity contribution is 5.96. The predicted molar refractivity (Wildman–Crippen MR) is 123 cm³/mol. The fraction of sp³-hybridized carbons (Fsp3) is 0.750. The number of carbonyl (C=O) groups is 4. The highest BCUT2D eigenvalue weighted by atomic mass is 16.5. The van der Waals surface area contributed by atoms with Gasteiger partial charge < -0.3 is 25.6 Å². The van der Waals surface area contributed by atoms with Crippen LogP contribution in [-0.2, 0) is 19.1 Å². The summed E-state index contributed by atoms with van der Waals surface area (Å²) >= 11 is 0. The lowest BCUT2D eigenvalue weighted by Gasteiger charge is -2.36. The minimum Gasteiger partial charge on any atom is -0.467 e. The summed E-state index contributed by atoms with van der Waals surface area (Å²) in [6.45, 7) is 9.82. The Kier molecular flexibility index (Phi) is 7.39. The number of nitrogens with one attached hydrogen (secondary N) is 3. The second-order valence-electron chi connectivity index (χ2n) is 10.6. The summed E-state index contributed by atoms with van der Waals surface area (Å²) in [7, 11) is 1.29. The topological polar surface area (TPSA) is 117 Å². The largest absolute Gasteiger partial charge is 0.467 e. The molecule has 3 fully saturated rings. The van der Waals surface area contributed by atoms with Crippen LogP contribution >= 0.6 is 0 Å². The fourth-order valence-corrected chi connectivity index (χ4v) is 5.03. The summed E-state index contributed by atoms with van der Waals surface area (Å²) in [6, 6.07) is -1.71. The molecule has 9 nitrogen and oxygen atoms in total. The Morgan fingerprint density at radius 2 is 1.79 bits per heavy atom. The van der Waals surface area contributed by atoms with Crippen molar-refractivity contribution in [1.82, 2.24) is 20.9 Å². The molecule has 9 heteroatoms. The minimum atomic E-state index is -1.10. The number of rotatable bonds is 7. The molecule has 4 amide bonds. The molecule has 1 aliphatic heterocycles. The van der Waals surface area contributed by atoms with Gasteiger partial charge in [-0.1, -0.05) is 39.7 Å². The minimum absolute atomic E-state index is 0.136. The molecule has 0 radical (unpaired) electrons. The lowest BCUT2D eigenvalue weighted by molar-refractivity contribution is -0.148. The zero-order valence-corrected chi connectivity index (χ0v) is 20.2. The third kappa shape index (κ3) is 5.33. The Morgan fingerprint density at radius 1 is 1.12 bits per heavy atom. The summed E-state index contributed by atoms with van der Waals surface area (Å²) in [6.07, 6.45) is 7.32. The zero-order chi connectivity index (χ0) is 24.4. The van der Waals surface area contributed by atoms with Crippen LogP contribution in [0.5, 0.6) is 0 Å². The number of amides is 4. The molecule has 2 aliphatic carbocycles. The van der Waals surface area contributed by atoms with Crippen LogP contribution in [0.1, 0.15) is 65.7 Å². The van der Waals surface area contributed by atoms with E-state index in [0.717, 1.165) is 25.7 Å². The third-order valence-corrected chi connectivity index (χ3v) is 7.11. The quantitative estimate of drug-likeness (QED) is 0.394. The molecule has 0 unspecified atom stereocenters. The van der Waals surface area contributed by atoms with Crippen LogP contribution in [-0.4, -0.2) is 66.0 Å². The molecule has 2 saturated carbocycles. The monoisotopic (exact) mass is 462 g/mol. The molecule has 0 spiro atoms. The number of methoxy groups -OCH3 is 1. The molecule has 184 valence electrons. The van der Waals surface area contributed by atoms with Crippen molar-refractivity contribution in [3.8, 4) is 0 Å². The Hall–Kier alpha value is -2.58. The maximum Gasteiger partial charge on any atom is 0.332 e. The summed E-state index contributed by atoms with van der Waals surface area (Å²) in [5.41, 5.74) is -1.65. The molecule has 3 rings (SSSR count). The molecule has 1 heterocycles. The lowest BCUT2D eigenvalue weighted by atomic mass is 9.85. The van der Waals surface area contributed by atoms with E-state index in [1.165, 1.54) is 12.0 Å². The van der Waals surface area contributed by atoms with Crippen molar-refractivity contribution in [2.45, 2.75) is 89.4 Å². The van der Waals surface area contributed by atoms with E-state index in [1.807, 2.05) is 20.8 Å². The highest BCUT2D eigenvalue weighted by Crippen LogP contribution is 2.45. The van der Waals surface area contributed by atoms with Gasteiger partial charge in [-0.3, -0.25) is 9.59 Å². The van der Waals surface area contributed by atoms with Crippen molar-refractivity contribution in [3.63, 3.8) is 0 Å². The smallest absolute Gasteiger partial charge is 0.332 e. The molecule has 0 bridgehead atoms. The van der Waals surface area contributed by atoms with Gasteiger partial charge in [0, 0.05) is 18.5 Å². The molecule has 0 aromatic carbocycles. The van der Waals surface area contributed by atoms with Crippen LogP contribution in [0.25, 0.3) is 0 Å². The predicted octanol–water partition coefficient (Wildman–Crippen LogP) is 1.87. The van der Waals surface area contributed by atoms with Crippen molar-refractivity contribution in [1.29, 1.82) is 0 Å². The Labute approximate surface area is 196 Å². The molecule has 0 aromatic rings. The molecule has 33 heavy (non-hydrogen) atoms. The first-order valence-electron chi connectivity index (χ1n) is 11.9. The molecule has 3 N–H and O–H groups in total. The average molecular weight is 463 g/mol. The molecule has 3 aliphatic rings. The van der Waals surface area contributed by atoms with Gasteiger partial charge in [-0.15, -0.1) is 6.58 Å². The van der Waals surface area contributed by atoms with E-state index in [-0.39, 0.29) is 29.8 Å². The maximum atomic E-state index is 13.6. The van der Waals surface area contributed by atoms with Crippen molar-refractivity contribution in [3.05, 3.63) is 12.7 Å². The average Bonchev–Trinajstić information content (AvgIpc) is 3.12. The highest BCUT2D eigenvalue weighted by Gasteiger charge is 2.61. The van der Waals surface area contributed by atoms with Crippen LogP contribution in [0.15, 0.2) is 12.7 Å². The Balaban J connectivity index is 1.70. The summed E-state index contributed by atoms with van der Waals surface area (Å²) in [5, 5.41) is 8.67. The van der Waals surface area contributed by atoms with Crippen molar-refractivity contribution < 1.29 is 23.9 Å². The number of esters is 1. The number of carbonyl (C=O) groups excluding carboxylic acids is 4. The molecule has 4 atom stereocenters. The van der Waals surface area contributed by atoms with Gasteiger partial charge in [-0.2, -0.15) is 0 Å². The van der Waals surface area contributed by atoms with Crippen LogP contribution in [0.2, 0.25) is 0 Å². The fourth-order valence-electron chi connectivity index (χ4n) is 5.03. The molecule has 1 saturated heterocycles. The van der Waals surface area contributed by atoms with Gasteiger partial charge in [0.1, 0.15) is 17.6 Å². The molecule has 0 aromatic heterocycles. The van der Waals surface area contributed by atoms with E-state index in [9.17, 15) is 19.2 Å². The maximum absolute atomic E-state index is 13.6. The summed E-state index contributed by atoms with van der Waals surface area (Å²) < 4.78 is 4.89. The van der Waals surface area contributed by atoms with Crippen LogP contribution in [0.4, 0.5) is 4.79 Å². The Bertz CT molecular complexity index is 801. The summed E-state index contributed by atoms with van der Waals surface area (Å²) in [5.74, 6) is -1.36. The molecular formula is C24H38N4O5. The van der Waals surface area contributed by atoms with Crippen LogP contribution < -0.4 is 16.0 Å². The van der Waals surface area contributed by atoms with Gasteiger partial charge in [0.25, 0.3) is 0 Å². The first-order chi connectivity index (χ1) is 15.5. The van der Waals surface area contributed by atoms with Crippen molar-refractivity contribution in [2.24, 2.45) is 11.3 Å². The van der Waals surface area contributed by atoms with Gasteiger partial charge >= 0.3 is 12.0 Å². The van der Waals surface area contributed by atoms with Gasteiger partial charge in [0.05, 0.1) is 7.11 Å². The van der Waals surface area contributed by atoms with Gasteiger partial charge in [0.15, 0.2) is 0 Å². The van der Waals surface area contributed by atoms with E-state index in [2.05, 4.69) is 22.5 Å². The Morgan fingerprint density at radius 3 is 2.33 bits per heavy atom. The number of hydrogen-bond donors (Lipinski definition) is 3. The second kappa shape index (κ2) is 9.73. The van der Waals surface area contributed by atoms with Crippen molar-refractivity contribution >= 4 is 23.8 Å². The number of urea groups is 1. The summed E-state index contributed by atoms with van der Waals surface area (Å²) in [4.78, 5) is 53.2. The number of hydrogen-bond acceptors (Lipinski definition) is 5. The van der Waals surface area contributed by atoms with E-state index in [1.54, 1.807) is 6.08 Å². The first-order valence-corrected chi connectivity index (χ1v) is 11.9. The second-order valence-corrected chi connectivity index (χ2v) is 10.6. The van der Waals surface area contributed by atoms with Gasteiger partial charge in [-0.25, -0.2) is 9.59 Å². The SMILES string of the molecule is C=C[C@@H]1C[C@]1(NC(=O)[C@@H]1CCCN1C(=O)[C@@H](NC(=O)NC1CCCC1)C(C)(C)C)C(=O)OC. The van der Waals surface area contributed by atoms with E-state index in [4.69, 9.17) is 4.74 Å². The van der Waals surface area contributed by atoms with Crippen LogP contribution in [0, 0.1) is 11.3 Å². The van der Waals surface area contributed by atoms with Crippen molar-refractivity contribution in [2.75, 3.05) is 13.7 Å². The molecular weight excluding hydrogens is 424 g/mol. The lowest BCUT2D eigenvalue weighted by Crippen LogP contribution is -2.60. The standard InChI is InChI=1S/C24H38N4O5/c1-6-15-14-24(15,21(31)33-5)27-19(29)17-12-9-13-28(17)20(30)18(23(2,3)4)26-22(32)25-16-10-7-8-11-16/h6,15-18H,1,7-14H2,2-5H3,(H,27,29)(H2,25,26,32)/t15-,17+,18-,24-/m1/s1. The number of likely N-dealkylation sites (tertiary alicyclic amines) is 1. The normalized spacial score (nSPS) is 28.1. The number of nitrogens with zero attached hydrogens (tertiary/aromatic N) is 1. The zero-order valence-electron chi connectivity index (χ0n) is 20.2. The third-order valence-electron chi connectivity index (χ3n) is 7.11. The first kappa shape index (κ1) is 25.1. The van der Waals surface area contributed by atoms with E-state index in [0.29, 0.717) is 25.8 Å². The number of ether oxygens (including phenoxy) is 1. The van der Waals surface area contributed by atoms with E-state index < -0.39 is 29.0 Å². The van der Waals surface area contributed by atoms with Crippen LogP contribution in [0.3, 0.4) is 0 Å². The van der Waals surface area contributed by atoms with Gasteiger partial charge in [0.2, 0.25) is 11.8 Å².